The van der Waals surface area contributed by atoms with E-state index in [2.05, 4.69) is 62.4 Å². The van der Waals surface area contributed by atoms with Gasteiger partial charge in [0.2, 0.25) is 0 Å². The van der Waals surface area contributed by atoms with E-state index in [1.165, 1.54) is 11.4 Å². The number of nitrogens with zero attached hydrogens (tertiary/aromatic N) is 1. The first kappa shape index (κ1) is 14.2. The Hall–Kier alpha value is -1.22. The summed E-state index contributed by atoms with van der Waals surface area (Å²) in [5.74, 6) is 0.591. The van der Waals surface area contributed by atoms with Crippen LogP contribution >= 0.6 is 0 Å². The molecule has 0 aromatic heterocycles. The molecule has 2 rings (SSSR count). The van der Waals surface area contributed by atoms with Gasteiger partial charge < -0.3 is 15.0 Å². The van der Waals surface area contributed by atoms with E-state index >= 15 is 0 Å². The molecule has 1 fully saturated rings. The van der Waals surface area contributed by atoms with E-state index < -0.39 is 0 Å². The van der Waals surface area contributed by atoms with E-state index in [0.717, 1.165) is 19.4 Å². The molecular formula is C16H26N2O. The minimum absolute atomic E-state index is 0.387. The fourth-order valence-corrected chi connectivity index (χ4v) is 2.63. The van der Waals surface area contributed by atoms with Crippen molar-refractivity contribution >= 4 is 11.4 Å². The van der Waals surface area contributed by atoms with Gasteiger partial charge in [0.25, 0.3) is 0 Å². The predicted molar refractivity (Wildman–Crippen MR) is 82.0 cm³/mol. The SMILES string of the molecule is CC(C)C1CC(Nc2ccccc2N(C)C)CCO1. The molecule has 0 bridgehead atoms. The van der Waals surface area contributed by atoms with Crippen LogP contribution in [0.5, 0.6) is 0 Å². The maximum Gasteiger partial charge on any atom is 0.0617 e. The van der Waals surface area contributed by atoms with Crippen LogP contribution in [0, 0.1) is 5.92 Å². The Bertz CT molecular complexity index is 403. The highest BCUT2D eigenvalue weighted by molar-refractivity contribution is 5.69. The molecule has 1 aromatic carbocycles. The highest BCUT2D eigenvalue weighted by Gasteiger charge is 2.25. The Morgan fingerprint density at radius 3 is 2.68 bits per heavy atom. The van der Waals surface area contributed by atoms with Crippen molar-refractivity contribution in [1.82, 2.24) is 0 Å². The van der Waals surface area contributed by atoms with Crippen LogP contribution in [-0.2, 0) is 4.74 Å². The third kappa shape index (κ3) is 3.63. The summed E-state index contributed by atoms with van der Waals surface area (Å²) in [5.41, 5.74) is 2.47. The third-order valence-electron chi connectivity index (χ3n) is 3.80. The van der Waals surface area contributed by atoms with Gasteiger partial charge in [-0.05, 0) is 30.9 Å². The van der Waals surface area contributed by atoms with Gasteiger partial charge in [0, 0.05) is 26.7 Å². The molecule has 19 heavy (non-hydrogen) atoms. The molecule has 1 aromatic rings. The molecule has 2 atom stereocenters. The first-order chi connectivity index (χ1) is 9.08. The first-order valence-corrected chi connectivity index (χ1v) is 7.22. The van der Waals surface area contributed by atoms with E-state index in [0.29, 0.717) is 18.1 Å². The van der Waals surface area contributed by atoms with Crippen LogP contribution in [0.3, 0.4) is 0 Å². The van der Waals surface area contributed by atoms with Crippen molar-refractivity contribution in [1.29, 1.82) is 0 Å². The summed E-state index contributed by atoms with van der Waals surface area (Å²) in [6.07, 6.45) is 2.57. The smallest absolute Gasteiger partial charge is 0.0617 e. The van der Waals surface area contributed by atoms with E-state index in [1.807, 2.05) is 0 Å². The highest BCUT2D eigenvalue weighted by atomic mass is 16.5. The van der Waals surface area contributed by atoms with Gasteiger partial charge in [0.1, 0.15) is 0 Å². The van der Waals surface area contributed by atoms with Crippen molar-refractivity contribution in [2.75, 3.05) is 30.9 Å². The quantitative estimate of drug-likeness (QED) is 0.900. The number of rotatable bonds is 4. The molecule has 0 spiro atoms. The van der Waals surface area contributed by atoms with Gasteiger partial charge in [-0.3, -0.25) is 0 Å². The van der Waals surface area contributed by atoms with Crippen molar-refractivity contribution < 1.29 is 4.74 Å². The topological polar surface area (TPSA) is 24.5 Å². The maximum atomic E-state index is 5.83. The number of ether oxygens (including phenoxy) is 1. The highest BCUT2D eigenvalue weighted by Crippen LogP contribution is 2.28. The number of hydrogen-bond acceptors (Lipinski definition) is 3. The zero-order valence-corrected chi connectivity index (χ0v) is 12.5. The van der Waals surface area contributed by atoms with Gasteiger partial charge >= 0.3 is 0 Å². The summed E-state index contributed by atoms with van der Waals surface area (Å²) in [6, 6.07) is 9.01. The molecule has 1 aliphatic rings. The summed E-state index contributed by atoms with van der Waals surface area (Å²) in [5, 5.41) is 3.69. The van der Waals surface area contributed by atoms with Crippen LogP contribution in [-0.4, -0.2) is 32.8 Å². The third-order valence-corrected chi connectivity index (χ3v) is 3.80. The number of anilines is 2. The zero-order chi connectivity index (χ0) is 13.8. The Labute approximate surface area is 116 Å². The lowest BCUT2D eigenvalue weighted by molar-refractivity contribution is -0.0160. The maximum absolute atomic E-state index is 5.83. The second kappa shape index (κ2) is 6.29. The number of para-hydroxylation sites is 2. The molecule has 1 saturated heterocycles. The van der Waals surface area contributed by atoms with Crippen LogP contribution in [0.4, 0.5) is 11.4 Å². The predicted octanol–water partition coefficient (Wildman–Crippen LogP) is 3.37. The summed E-state index contributed by atoms with van der Waals surface area (Å²) in [6.45, 7) is 5.34. The van der Waals surface area contributed by atoms with E-state index in [4.69, 9.17) is 4.74 Å². The molecule has 0 aliphatic carbocycles. The Morgan fingerprint density at radius 2 is 2.00 bits per heavy atom. The Kier molecular flexibility index (Phi) is 4.70. The van der Waals surface area contributed by atoms with Crippen molar-refractivity contribution in [2.24, 2.45) is 5.92 Å². The molecule has 1 aliphatic heterocycles. The average molecular weight is 262 g/mol. The monoisotopic (exact) mass is 262 g/mol. The standard InChI is InChI=1S/C16H26N2O/c1-12(2)16-11-13(9-10-19-16)17-14-7-5-6-8-15(14)18(3)4/h5-8,12-13,16-17H,9-11H2,1-4H3. The zero-order valence-electron chi connectivity index (χ0n) is 12.5. The Balaban J connectivity index is 2.04. The van der Waals surface area contributed by atoms with Crippen molar-refractivity contribution in [3.8, 4) is 0 Å². The van der Waals surface area contributed by atoms with Crippen molar-refractivity contribution in [3.63, 3.8) is 0 Å². The molecule has 0 saturated carbocycles. The van der Waals surface area contributed by atoms with Crippen LogP contribution in [0.15, 0.2) is 24.3 Å². The van der Waals surface area contributed by atoms with Crippen LogP contribution in [0.2, 0.25) is 0 Å². The van der Waals surface area contributed by atoms with Gasteiger partial charge in [-0.15, -0.1) is 0 Å². The molecule has 0 radical (unpaired) electrons. The molecule has 2 unspecified atom stereocenters. The summed E-state index contributed by atoms with van der Waals surface area (Å²) in [7, 11) is 4.17. The minimum atomic E-state index is 0.387. The fraction of sp³-hybridized carbons (Fsp3) is 0.625. The van der Waals surface area contributed by atoms with E-state index in [9.17, 15) is 0 Å². The second-order valence-electron chi connectivity index (χ2n) is 5.93. The molecule has 0 amide bonds. The van der Waals surface area contributed by atoms with E-state index in [1.54, 1.807) is 0 Å². The van der Waals surface area contributed by atoms with Gasteiger partial charge in [-0.1, -0.05) is 26.0 Å². The van der Waals surface area contributed by atoms with Crippen molar-refractivity contribution in [2.45, 2.75) is 38.8 Å². The second-order valence-corrected chi connectivity index (χ2v) is 5.93. The average Bonchev–Trinajstić information content (AvgIpc) is 2.39. The molecular weight excluding hydrogens is 236 g/mol. The van der Waals surface area contributed by atoms with Crippen LogP contribution in [0.1, 0.15) is 26.7 Å². The van der Waals surface area contributed by atoms with Crippen molar-refractivity contribution in [3.05, 3.63) is 24.3 Å². The van der Waals surface area contributed by atoms with Gasteiger partial charge in [-0.25, -0.2) is 0 Å². The number of hydrogen-bond donors (Lipinski definition) is 1. The van der Waals surface area contributed by atoms with Crippen LogP contribution in [0.25, 0.3) is 0 Å². The lowest BCUT2D eigenvalue weighted by Gasteiger charge is -2.33. The fourth-order valence-electron chi connectivity index (χ4n) is 2.63. The lowest BCUT2D eigenvalue weighted by Crippen LogP contribution is -2.36. The van der Waals surface area contributed by atoms with Crippen LogP contribution < -0.4 is 10.2 Å². The molecule has 3 heteroatoms. The summed E-state index contributed by atoms with van der Waals surface area (Å²) < 4.78 is 5.83. The normalized spacial score (nSPS) is 23.4. The largest absolute Gasteiger partial charge is 0.380 e. The molecule has 1 heterocycles. The summed E-state index contributed by atoms with van der Waals surface area (Å²) >= 11 is 0. The first-order valence-electron chi connectivity index (χ1n) is 7.22. The number of nitrogens with one attached hydrogen (secondary N) is 1. The molecule has 106 valence electrons. The van der Waals surface area contributed by atoms with E-state index in [-0.39, 0.29) is 0 Å². The minimum Gasteiger partial charge on any atom is -0.380 e. The molecule has 3 nitrogen and oxygen atoms in total. The summed E-state index contributed by atoms with van der Waals surface area (Å²) in [4.78, 5) is 2.15. The molecule has 1 N–H and O–H groups in total. The number of benzene rings is 1. The Morgan fingerprint density at radius 1 is 1.26 bits per heavy atom. The van der Waals surface area contributed by atoms with Gasteiger partial charge in [0.05, 0.1) is 17.5 Å². The lowest BCUT2D eigenvalue weighted by atomic mass is 9.95. The van der Waals surface area contributed by atoms with Gasteiger partial charge in [-0.2, -0.15) is 0 Å². The van der Waals surface area contributed by atoms with Gasteiger partial charge in [0.15, 0.2) is 0 Å².